The number of carbonyl (C=O) groups is 6. The van der Waals surface area contributed by atoms with Crippen LogP contribution in [0.3, 0.4) is 0 Å². The van der Waals surface area contributed by atoms with E-state index in [2.05, 4.69) is 131 Å². The number of benzene rings is 14. The van der Waals surface area contributed by atoms with Gasteiger partial charge in [-0.15, -0.1) is 0 Å². The molecule has 0 bridgehead atoms. The molecule has 758 valence electrons. The summed E-state index contributed by atoms with van der Waals surface area (Å²) in [5.41, 5.74) is 15.6. The van der Waals surface area contributed by atoms with Crippen molar-refractivity contribution in [2.24, 2.45) is 0 Å². The first kappa shape index (κ1) is 106. The standard InChI is InChI=1S/C44H45N3O4.C43H43N3O3.C41H47N3O4/c1-50-40-22-17-35(18-23-40)21-26-43(48)47(33-38-19-24-41(25-20-38)51-34-39-15-9-4-10-16-39)42(31-36-11-5-2-6-12-36)44(49)46-29-27-45(28-30-46)32-37-13-7-3-8-14-37;1-49-40-24-19-34(20-25-40)21-26-42(47)46(33-37-17-22-39(23-18-37)38-15-9-4-10-16-38)41(31-35-11-5-2-6-12-35)43(48)45-29-27-44(28-30-45)32-36-13-7-3-8-14-36;1-3-4-29-48-38-22-17-36(18-23-38)32-44(40(45)24-19-33-15-20-37(47-2)21-16-33)39(30-34-11-7-5-8-12-34)41(46)43-27-25-42(26-28-43)31-35-13-9-6-10-14-35/h2-26,42H,27-34H2,1H3;2-26,41H,27-33H2,1H3;5-24,39H,3-4,25-32H2,1-2H3/b2*26-21+;24-19+/t42-;41-;39-/m000/s1. The van der Waals surface area contributed by atoms with E-state index in [9.17, 15) is 28.8 Å². The van der Waals surface area contributed by atoms with Crippen molar-refractivity contribution in [2.45, 2.75) is 103 Å². The summed E-state index contributed by atoms with van der Waals surface area (Å²) in [6, 6.07) is 126. The fourth-order valence-corrected chi connectivity index (χ4v) is 18.5. The Morgan fingerprint density at radius 3 is 0.784 bits per heavy atom. The van der Waals surface area contributed by atoms with E-state index in [1.54, 1.807) is 72.5 Å². The summed E-state index contributed by atoms with van der Waals surface area (Å²) in [6.07, 6.45) is 13.4. The lowest BCUT2D eigenvalue weighted by atomic mass is 10.0. The molecule has 0 unspecified atom stereocenters. The minimum atomic E-state index is -0.699. The molecule has 17 rings (SSSR count). The van der Waals surface area contributed by atoms with Crippen LogP contribution in [0.5, 0.6) is 28.7 Å². The van der Waals surface area contributed by atoms with Crippen molar-refractivity contribution in [2.75, 3.05) is 106 Å². The van der Waals surface area contributed by atoms with Crippen molar-refractivity contribution in [3.63, 3.8) is 0 Å². The van der Waals surface area contributed by atoms with Gasteiger partial charge in [0, 0.05) is 155 Å². The summed E-state index contributed by atoms with van der Waals surface area (Å²) >= 11 is 0. The Hall–Kier alpha value is -16.0. The van der Waals surface area contributed by atoms with Crippen LogP contribution in [0.15, 0.2) is 406 Å². The minimum Gasteiger partial charge on any atom is -0.497 e. The van der Waals surface area contributed by atoms with Gasteiger partial charge in [0.1, 0.15) is 53.5 Å². The van der Waals surface area contributed by atoms with Gasteiger partial charge < -0.3 is 53.1 Å². The van der Waals surface area contributed by atoms with E-state index in [1.165, 1.54) is 16.7 Å². The number of unbranched alkanes of at least 4 members (excludes halogenated alkanes) is 1. The van der Waals surface area contributed by atoms with Gasteiger partial charge in [-0.1, -0.05) is 341 Å². The molecule has 148 heavy (non-hydrogen) atoms. The highest BCUT2D eigenvalue weighted by Crippen LogP contribution is 2.30. The zero-order chi connectivity index (χ0) is 103. The van der Waals surface area contributed by atoms with Gasteiger partial charge in [0.05, 0.1) is 27.9 Å². The molecule has 3 heterocycles. The van der Waals surface area contributed by atoms with Crippen LogP contribution in [0.1, 0.15) is 92.1 Å². The Morgan fingerprint density at radius 2 is 0.507 bits per heavy atom. The van der Waals surface area contributed by atoms with E-state index in [0.29, 0.717) is 78.3 Å². The maximum absolute atomic E-state index is 14.6. The second-order valence-electron chi connectivity index (χ2n) is 37.4. The van der Waals surface area contributed by atoms with Crippen LogP contribution in [0.4, 0.5) is 0 Å². The highest BCUT2D eigenvalue weighted by Gasteiger charge is 2.39. The van der Waals surface area contributed by atoms with Crippen molar-refractivity contribution in [3.8, 4) is 39.9 Å². The summed E-state index contributed by atoms with van der Waals surface area (Å²) in [7, 11) is 4.88. The number of hydrogen-bond acceptors (Lipinski definition) is 14. The second kappa shape index (κ2) is 56.5. The molecule has 3 fully saturated rings. The first-order valence-electron chi connectivity index (χ1n) is 51.4. The lowest BCUT2D eigenvalue weighted by Gasteiger charge is -2.39. The molecule has 0 radical (unpaired) electrons. The third-order valence-electron chi connectivity index (χ3n) is 27.0. The number of piperazine rings is 3. The van der Waals surface area contributed by atoms with Gasteiger partial charge in [-0.3, -0.25) is 43.5 Å². The van der Waals surface area contributed by atoms with Crippen molar-refractivity contribution < 1.29 is 52.5 Å². The maximum atomic E-state index is 14.6. The number of amides is 6. The first-order valence-corrected chi connectivity index (χ1v) is 51.4. The molecule has 0 saturated carbocycles. The van der Waals surface area contributed by atoms with E-state index >= 15 is 0 Å². The second-order valence-corrected chi connectivity index (χ2v) is 37.4. The smallest absolute Gasteiger partial charge is 0.247 e. The topological polar surface area (TPSA) is 178 Å². The van der Waals surface area contributed by atoms with E-state index in [0.717, 1.165) is 167 Å². The summed E-state index contributed by atoms with van der Waals surface area (Å²) < 4.78 is 27.8. The third kappa shape index (κ3) is 32.8. The molecule has 0 spiro atoms. The Morgan fingerprint density at radius 1 is 0.264 bits per heavy atom. The van der Waals surface area contributed by atoms with Gasteiger partial charge in [0.2, 0.25) is 35.4 Å². The molecule has 14 aromatic rings. The monoisotopic (exact) mass is 1970 g/mol. The zero-order valence-corrected chi connectivity index (χ0v) is 85.3. The lowest BCUT2D eigenvalue weighted by molar-refractivity contribution is -0.145. The largest absolute Gasteiger partial charge is 0.497 e. The van der Waals surface area contributed by atoms with Crippen LogP contribution >= 0.6 is 0 Å². The van der Waals surface area contributed by atoms with Gasteiger partial charge in [-0.2, -0.15) is 0 Å². The molecule has 14 aromatic carbocycles. The molecule has 0 N–H and O–H groups in total. The van der Waals surface area contributed by atoms with Gasteiger partial charge in [-0.05, 0) is 169 Å². The average Bonchev–Trinajstić information content (AvgIpc) is 0.816. The fourth-order valence-electron chi connectivity index (χ4n) is 18.5. The van der Waals surface area contributed by atoms with E-state index < -0.39 is 18.1 Å². The number of ether oxygens (including phenoxy) is 5. The third-order valence-corrected chi connectivity index (χ3v) is 27.0. The van der Waals surface area contributed by atoms with Crippen molar-refractivity contribution >= 4 is 53.7 Å². The van der Waals surface area contributed by atoms with Gasteiger partial charge in [-0.25, -0.2) is 0 Å². The molecule has 3 aliphatic rings. The lowest BCUT2D eigenvalue weighted by Crippen LogP contribution is -2.56. The Balaban J connectivity index is 0.000000166. The zero-order valence-electron chi connectivity index (χ0n) is 85.3. The van der Waals surface area contributed by atoms with Crippen molar-refractivity contribution in [1.29, 1.82) is 0 Å². The molecule has 3 atom stereocenters. The predicted molar refractivity (Wildman–Crippen MR) is 590 cm³/mol. The summed E-state index contributed by atoms with van der Waals surface area (Å²) in [5, 5.41) is 0. The molecule has 0 aromatic heterocycles. The number of methoxy groups -OCH3 is 3. The van der Waals surface area contributed by atoms with Crippen LogP contribution in [-0.2, 0) is 93.9 Å². The van der Waals surface area contributed by atoms with Gasteiger partial charge >= 0.3 is 0 Å². The van der Waals surface area contributed by atoms with E-state index in [4.69, 9.17) is 23.7 Å². The SMILES string of the molecule is CCCCOc1ccc(CN(C(=O)/C=C/c2ccc(OC)cc2)[C@@H](Cc2ccccc2)C(=O)N2CCN(Cc3ccccc3)CC2)cc1.COc1ccc(/C=C/C(=O)N(Cc2ccc(-c3ccccc3)cc2)[C@@H](Cc2ccccc2)C(=O)N2CCN(Cc3ccccc3)CC2)cc1.COc1ccc(/C=C/C(=O)N(Cc2ccc(OCc3ccccc3)cc2)[C@@H](Cc2ccccc2)C(=O)N2CCN(Cc3ccccc3)CC2)cc1. The Labute approximate surface area is 873 Å². The van der Waals surface area contributed by atoms with Gasteiger partial charge in [0.25, 0.3) is 0 Å². The van der Waals surface area contributed by atoms with Crippen molar-refractivity contribution in [1.82, 2.24) is 44.1 Å². The molecule has 20 nitrogen and oxygen atoms in total. The molecule has 3 aliphatic heterocycles. The van der Waals surface area contributed by atoms with Crippen LogP contribution < -0.4 is 23.7 Å². The van der Waals surface area contributed by atoms with Crippen LogP contribution in [-0.4, -0.2) is 204 Å². The van der Waals surface area contributed by atoms with E-state index in [-0.39, 0.29) is 48.5 Å². The van der Waals surface area contributed by atoms with Crippen LogP contribution in [0, 0.1) is 0 Å². The van der Waals surface area contributed by atoms with Crippen LogP contribution in [0.2, 0.25) is 0 Å². The normalized spacial score (nSPS) is 14.0. The predicted octanol–water partition coefficient (Wildman–Crippen LogP) is 21.5. The van der Waals surface area contributed by atoms with Gasteiger partial charge in [0.15, 0.2) is 0 Å². The van der Waals surface area contributed by atoms with Crippen molar-refractivity contribution in [3.05, 3.63) is 479 Å². The Bertz CT molecular complexity index is 6480. The number of nitrogens with zero attached hydrogens (tertiary/aromatic N) is 9. The minimum absolute atomic E-state index is 0.0182. The van der Waals surface area contributed by atoms with Crippen LogP contribution in [0.25, 0.3) is 29.4 Å². The van der Waals surface area contributed by atoms with E-state index in [1.807, 2.05) is 294 Å². The quantitative estimate of drug-likeness (QED) is 0.0261. The maximum Gasteiger partial charge on any atom is 0.247 e. The molecule has 3 saturated heterocycles. The molecule has 0 aliphatic carbocycles. The molecule has 20 heteroatoms. The average molecular weight is 1980 g/mol. The number of carbonyl (C=O) groups excluding carboxylic acids is 6. The summed E-state index contributed by atoms with van der Waals surface area (Å²) in [5.74, 6) is 3.05. The Kier molecular flexibility index (Phi) is 40.5. The highest BCUT2D eigenvalue weighted by atomic mass is 16.5. The summed E-state index contributed by atoms with van der Waals surface area (Å²) in [4.78, 5) is 105. The number of hydrogen-bond donors (Lipinski definition) is 0. The fraction of sp³-hybridized carbons (Fsp3) is 0.250. The molecular formula is C128H135N9O11. The molecule has 6 amide bonds. The summed E-state index contributed by atoms with van der Waals surface area (Å²) in [6.45, 7) is 15.0. The highest BCUT2D eigenvalue weighted by molar-refractivity contribution is 5.98. The first-order chi connectivity index (χ1) is 72.6. The number of rotatable bonds is 41. The molecular weight excluding hydrogens is 1840 g/mol.